The van der Waals surface area contributed by atoms with Gasteiger partial charge in [-0.25, -0.2) is 4.79 Å². The average Bonchev–Trinajstić information content (AvgIpc) is 2.96. The Morgan fingerprint density at radius 3 is 2.23 bits per heavy atom. The highest BCUT2D eigenvalue weighted by molar-refractivity contribution is 6.07. The van der Waals surface area contributed by atoms with Gasteiger partial charge in [0.05, 0.1) is 19.8 Å². The summed E-state index contributed by atoms with van der Waals surface area (Å²) in [5.74, 6) is -0.0797. The number of aromatic nitrogens is 1. The smallest absolute Gasteiger partial charge is 0.362 e. The van der Waals surface area contributed by atoms with Crippen LogP contribution < -0.4 is 0 Å². The second-order valence-corrected chi connectivity index (χ2v) is 7.50. The Morgan fingerprint density at radius 1 is 0.962 bits per heavy atom. The molecule has 134 valence electrons. The fraction of sp³-hybridized carbons (Fsp3) is 0.381. The number of para-hydroxylation sites is 2. The molecular weight excluding hydrogens is 328 g/mol. The van der Waals surface area contributed by atoms with E-state index in [4.69, 9.17) is 9.47 Å². The number of nitrogens with zero attached hydrogens (tertiary/aromatic N) is 2. The van der Waals surface area contributed by atoms with Crippen LogP contribution in [0.3, 0.4) is 0 Å². The van der Waals surface area contributed by atoms with Crippen LogP contribution >= 0.6 is 0 Å². The van der Waals surface area contributed by atoms with Crippen molar-refractivity contribution in [2.45, 2.75) is 12.6 Å². The highest BCUT2D eigenvalue weighted by Crippen LogP contribution is 2.30. The summed E-state index contributed by atoms with van der Waals surface area (Å²) >= 11 is 0. The Kier molecular flexibility index (Phi) is 3.72. The summed E-state index contributed by atoms with van der Waals surface area (Å²) in [6, 6.07) is 16.9. The fourth-order valence-electron chi connectivity index (χ4n) is 4.60. The van der Waals surface area contributed by atoms with E-state index in [0.717, 1.165) is 37.3 Å². The Labute approximate surface area is 152 Å². The van der Waals surface area contributed by atoms with Crippen molar-refractivity contribution in [3.63, 3.8) is 0 Å². The molecule has 2 saturated heterocycles. The first-order valence-electron chi connectivity index (χ1n) is 9.32. The van der Waals surface area contributed by atoms with E-state index in [0.29, 0.717) is 13.1 Å². The summed E-state index contributed by atoms with van der Waals surface area (Å²) in [5, 5.41) is 2.50. The van der Waals surface area contributed by atoms with Crippen molar-refractivity contribution >= 4 is 27.8 Å². The number of rotatable bonds is 2. The predicted molar refractivity (Wildman–Crippen MR) is 99.9 cm³/mol. The van der Waals surface area contributed by atoms with Crippen LogP contribution in [0.4, 0.5) is 0 Å². The molecule has 3 heterocycles. The Hall–Kier alpha value is -2.37. The first kappa shape index (κ1) is 15.9. The third-order valence-corrected chi connectivity index (χ3v) is 5.84. The fourth-order valence-corrected chi connectivity index (χ4v) is 4.60. The number of carbonyl (C=O) groups is 1. The maximum Gasteiger partial charge on any atom is 0.362 e. The second kappa shape index (κ2) is 6.11. The van der Waals surface area contributed by atoms with Crippen LogP contribution in [0.15, 0.2) is 48.5 Å². The number of hydrogen-bond acceptors (Lipinski definition) is 3. The Balaban J connectivity index is 1.53. The first-order chi connectivity index (χ1) is 12.7. The lowest BCUT2D eigenvalue weighted by Gasteiger charge is -2.45. The van der Waals surface area contributed by atoms with Crippen molar-refractivity contribution in [2.24, 2.45) is 0 Å². The Morgan fingerprint density at radius 2 is 1.58 bits per heavy atom. The summed E-state index contributed by atoms with van der Waals surface area (Å²) in [6.45, 7) is 5.31. The van der Waals surface area contributed by atoms with Crippen molar-refractivity contribution in [1.29, 1.82) is 0 Å². The number of fused-ring (bicyclic) bond motifs is 3. The van der Waals surface area contributed by atoms with Crippen LogP contribution in [0.25, 0.3) is 21.8 Å². The van der Waals surface area contributed by atoms with Gasteiger partial charge in [0.15, 0.2) is 12.6 Å². The molecule has 2 aromatic carbocycles. The molecule has 1 spiro atoms. The number of esters is 1. The molecule has 0 amide bonds. The van der Waals surface area contributed by atoms with Crippen LogP contribution in [0.1, 0.15) is 0 Å². The maximum atomic E-state index is 12.3. The van der Waals surface area contributed by atoms with Gasteiger partial charge < -0.3 is 18.5 Å². The summed E-state index contributed by atoms with van der Waals surface area (Å²) in [4.78, 5) is 12.3. The van der Waals surface area contributed by atoms with Crippen LogP contribution in [0.5, 0.6) is 0 Å². The van der Waals surface area contributed by atoms with E-state index in [1.807, 2.05) is 0 Å². The number of benzene rings is 2. The highest BCUT2D eigenvalue weighted by Gasteiger charge is 2.42. The third-order valence-electron chi connectivity index (χ3n) is 5.84. The van der Waals surface area contributed by atoms with E-state index < -0.39 is 0 Å². The van der Waals surface area contributed by atoms with Gasteiger partial charge >= 0.3 is 5.97 Å². The largest absolute Gasteiger partial charge is 0.450 e. The van der Waals surface area contributed by atoms with E-state index in [1.54, 1.807) is 0 Å². The standard InChI is InChI=1S/C21H23N2O3/c24-21-15-23(9-11-25-12-10-23)14-16(26-21)13-22-19-7-3-1-5-17(19)18-6-2-4-8-20(18)22/h1-8,16H,9-15H2/q+1/t16-/m0/s1. The molecule has 3 aromatic rings. The molecule has 0 bridgehead atoms. The van der Waals surface area contributed by atoms with Gasteiger partial charge in [-0.3, -0.25) is 0 Å². The van der Waals surface area contributed by atoms with Crippen molar-refractivity contribution < 1.29 is 18.8 Å². The minimum Gasteiger partial charge on any atom is -0.450 e. The first-order valence-corrected chi connectivity index (χ1v) is 9.32. The molecule has 2 aliphatic heterocycles. The summed E-state index contributed by atoms with van der Waals surface area (Å²) < 4.78 is 14.4. The van der Waals surface area contributed by atoms with Crippen LogP contribution in [0.2, 0.25) is 0 Å². The topological polar surface area (TPSA) is 40.5 Å². The quantitative estimate of drug-likeness (QED) is 0.526. The highest BCUT2D eigenvalue weighted by atomic mass is 16.6. The van der Waals surface area contributed by atoms with Gasteiger partial charge in [-0.2, -0.15) is 0 Å². The minimum absolute atomic E-state index is 0.0797. The molecule has 0 radical (unpaired) electrons. The summed E-state index contributed by atoms with van der Waals surface area (Å²) in [5.41, 5.74) is 2.40. The molecular formula is C21H23N2O3+. The van der Waals surface area contributed by atoms with Crippen molar-refractivity contribution in [3.05, 3.63) is 48.5 Å². The Bertz CT molecular complexity index is 918. The number of cyclic esters (lactones) is 1. The number of carbonyl (C=O) groups excluding carboxylic acids is 1. The number of hydrogen-bond donors (Lipinski definition) is 0. The second-order valence-electron chi connectivity index (χ2n) is 7.50. The zero-order valence-electron chi connectivity index (χ0n) is 14.8. The molecule has 0 saturated carbocycles. The number of ether oxygens (including phenoxy) is 2. The molecule has 26 heavy (non-hydrogen) atoms. The van der Waals surface area contributed by atoms with Gasteiger partial charge in [0, 0.05) is 21.8 Å². The minimum atomic E-state index is -0.103. The average molecular weight is 351 g/mol. The van der Waals surface area contributed by atoms with Gasteiger partial charge in [-0.05, 0) is 12.1 Å². The molecule has 5 rings (SSSR count). The number of quaternary nitrogens is 1. The van der Waals surface area contributed by atoms with Crippen LogP contribution in [0, 0.1) is 0 Å². The lowest BCUT2D eigenvalue weighted by molar-refractivity contribution is -0.935. The summed E-state index contributed by atoms with van der Waals surface area (Å²) in [7, 11) is 0. The van der Waals surface area contributed by atoms with Crippen LogP contribution in [-0.4, -0.2) is 60.5 Å². The molecule has 0 N–H and O–H groups in total. The molecule has 5 heteroatoms. The van der Waals surface area contributed by atoms with E-state index >= 15 is 0 Å². The third kappa shape index (κ3) is 2.59. The van der Waals surface area contributed by atoms with Crippen molar-refractivity contribution in [3.8, 4) is 0 Å². The van der Waals surface area contributed by atoms with E-state index in [-0.39, 0.29) is 12.1 Å². The maximum absolute atomic E-state index is 12.3. The van der Waals surface area contributed by atoms with E-state index in [2.05, 4.69) is 53.1 Å². The van der Waals surface area contributed by atoms with Gasteiger partial charge in [0.1, 0.15) is 19.6 Å². The molecule has 1 aromatic heterocycles. The van der Waals surface area contributed by atoms with Crippen molar-refractivity contribution in [1.82, 2.24) is 4.57 Å². The van der Waals surface area contributed by atoms with E-state index in [1.165, 1.54) is 21.8 Å². The summed E-state index contributed by atoms with van der Waals surface area (Å²) in [6.07, 6.45) is -0.103. The van der Waals surface area contributed by atoms with Crippen molar-refractivity contribution in [2.75, 3.05) is 39.4 Å². The lowest BCUT2D eigenvalue weighted by Crippen LogP contribution is -2.64. The molecule has 0 unspecified atom stereocenters. The van der Waals surface area contributed by atoms with Gasteiger partial charge in [-0.1, -0.05) is 36.4 Å². The molecule has 2 aliphatic rings. The van der Waals surface area contributed by atoms with Gasteiger partial charge in [0.2, 0.25) is 0 Å². The predicted octanol–water partition coefficient (Wildman–Crippen LogP) is 2.57. The van der Waals surface area contributed by atoms with Gasteiger partial charge in [0.25, 0.3) is 0 Å². The zero-order chi connectivity index (χ0) is 17.6. The zero-order valence-corrected chi connectivity index (χ0v) is 14.8. The molecule has 0 aliphatic carbocycles. The van der Waals surface area contributed by atoms with Gasteiger partial charge in [-0.15, -0.1) is 0 Å². The monoisotopic (exact) mass is 351 g/mol. The molecule has 2 fully saturated rings. The molecule has 5 nitrogen and oxygen atoms in total. The number of morpholine rings is 2. The normalized spacial score (nSPS) is 22.8. The molecule has 1 atom stereocenters. The van der Waals surface area contributed by atoms with E-state index in [9.17, 15) is 4.79 Å². The van der Waals surface area contributed by atoms with Crippen LogP contribution in [-0.2, 0) is 20.8 Å². The SMILES string of the molecule is O=C1C[N+]2(CCOCC2)C[C@H](Cn2c3ccccc3c3ccccc32)O1. The lowest BCUT2D eigenvalue weighted by atomic mass is 10.1.